The molecule has 3 rings (SSSR count). The molecule has 0 N–H and O–H groups in total. The van der Waals surface area contributed by atoms with Crippen LogP contribution in [0.4, 0.5) is 11.5 Å². The van der Waals surface area contributed by atoms with Crippen LogP contribution in [0, 0.1) is 0 Å². The van der Waals surface area contributed by atoms with Crippen molar-refractivity contribution in [3.63, 3.8) is 0 Å². The third-order valence-electron chi connectivity index (χ3n) is 4.33. The van der Waals surface area contributed by atoms with Gasteiger partial charge in [0.05, 0.1) is 12.2 Å². The third kappa shape index (κ3) is 1.99. The Hall–Kier alpha value is -1.55. The fourth-order valence-electron chi connectivity index (χ4n) is 3.29. The number of nitrogens with zero attached hydrogens (tertiary/aromatic N) is 4. The first-order valence-corrected chi connectivity index (χ1v) is 7.42. The lowest BCUT2D eigenvalue weighted by Crippen LogP contribution is -2.48. The maximum atomic E-state index is 6.01. The van der Waals surface area contributed by atoms with Crippen LogP contribution in [0.5, 0.6) is 0 Å². The Labute approximate surface area is 124 Å². The Morgan fingerprint density at radius 3 is 2.75 bits per heavy atom. The summed E-state index contributed by atoms with van der Waals surface area (Å²) in [4.78, 5) is 12.9. The van der Waals surface area contributed by atoms with Crippen molar-refractivity contribution in [2.24, 2.45) is 0 Å². The van der Waals surface area contributed by atoms with E-state index in [1.165, 1.54) is 25.7 Å². The van der Waals surface area contributed by atoms with Crippen molar-refractivity contribution in [2.75, 3.05) is 9.80 Å². The molecule has 0 amide bonds. The second-order valence-corrected chi connectivity index (χ2v) is 5.75. The summed E-state index contributed by atoms with van der Waals surface area (Å²) in [5, 5.41) is 0.287. The molecular formula is C15H19ClN4. The summed E-state index contributed by atoms with van der Waals surface area (Å²) >= 11 is 6.01. The highest BCUT2D eigenvalue weighted by molar-refractivity contribution is 6.28. The number of rotatable bonds is 2. The molecule has 0 bridgehead atoms. The van der Waals surface area contributed by atoms with Gasteiger partial charge in [-0.1, -0.05) is 26.0 Å². The zero-order valence-corrected chi connectivity index (χ0v) is 12.5. The number of fused-ring (bicyclic) bond motifs is 1. The monoisotopic (exact) mass is 290 g/mol. The first-order chi connectivity index (χ1) is 9.63. The van der Waals surface area contributed by atoms with Crippen molar-refractivity contribution in [3.05, 3.63) is 36.5 Å². The fourth-order valence-corrected chi connectivity index (χ4v) is 3.42. The molecule has 106 valence electrons. The summed E-state index contributed by atoms with van der Waals surface area (Å²) in [7, 11) is 0. The van der Waals surface area contributed by atoms with Crippen molar-refractivity contribution in [3.8, 4) is 0 Å². The fraction of sp³-hybridized carbons (Fsp3) is 0.467. The van der Waals surface area contributed by atoms with E-state index in [0.29, 0.717) is 6.04 Å². The molecular weight excluding hydrogens is 272 g/mol. The zero-order chi connectivity index (χ0) is 14.3. The molecule has 1 aliphatic heterocycles. The standard InChI is InChI=1S/C15H19ClN4/c1-4-19-10(2)11(3)20(12-7-5-6-8-12)14-13(19)9-17-15(16)18-14/h4,9,11-12H,1-2,5-8H2,3H3. The van der Waals surface area contributed by atoms with E-state index in [1.54, 1.807) is 12.4 Å². The number of hydrogen-bond donors (Lipinski definition) is 0. The predicted molar refractivity (Wildman–Crippen MR) is 83.1 cm³/mol. The molecule has 1 fully saturated rings. The van der Waals surface area contributed by atoms with Crippen LogP contribution in [0.15, 0.2) is 31.3 Å². The Balaban J connectivity index is 2.12. The van der Waals surface area contributed by atoms with Crippen molar-refractivity contribution in [1.82, 2.24) is 9.97 Å². The Morgan fingerprint density at radius 1 is 1.40 bits per heavy atom. The average Bonchev–Trinajstić information content (AvgIpc) is 2.94. The molecule has 1 aliphatic carbocycles. The first-order valence-electron chi connectivity index (χ1n) is 7.05. The van der Waals surface area contributed by atoms with Crippen molar-refractivity contribution >= 4 is 23.1 Å². The van der Waals surface area contributed by atoms with E-state index in [1.807, 2.05) is 4.90 Å². The van der Waals surface area contributed by atoms with Gasteiger partial charge >= 0.3 is 0 Å². The normalized spacial score (nSPS) is 23.1. The molecule has 0 spiro atoms. The smallest absolute Gasteiger partial charge is 0.224 e. The van der Waals surface area contributed by atoms with Gasteiger partial charge in [-0.15, -0.1) is 0 Å². The lowest BCUT2D eigenvalue weighted by atomic mass is 10.0. The van der Waals surface area contributed by atoms with E-state index < -0.39 is 0 Å². The maximum Gasteiger partial charge on any atom is 0.224 e. The number of aromatic nitrogens is 2. The van der Waals surface area contributed by atoms with Crippen LogP contribution in [0.1, 0.15) is 32.6 Å². The minimum atomic E-state index is 0.189. The quantitative estimate of drug-likeness (QED) is 0.777. The topological polar surface area (TPSA) is 32.3 Å². The molecule has 0 aromatic carbocycles. The van der Waals surface area contributed by atoms with E-state index in [0.717, 1.165) is 17.2 Å². The molecule has 1 aromatic heterocycles. The summed E-state index contributed by atoms with van der Waals surface area (Å²) in [6.07, 6.45) is 8.48. The molecule has 5 heteroatoms. The molecule has 2 aliphatic rings. The van der Waals surface area contributed by atoms with Gasteiger partial charge in [0.1, 0.15) is 5.69 Å². The molecule has 1 aromatic rings. The molecule has 0 saturated heterocycles. The van der Waals surface area contributed by atoms with E-state index >= 15 is 0 Å². The van der Waals surface area contributed by atoms with Gasteiger partial charge in [-0.3, -0.25) is 0 Å². The SMILES string of the molecule is C=CN1C(=C)C(C)N(C2CCCC2)c2nc(Cl)ncc21. The second-order valence-electron chi connectivity index (χ2n) is 5.41. The minimum Gasteiger partial charge on any atom is -0.344 e. The highest BCUT2D eigenvalue weighted by atomic mass is 35.5. The molecule has 0 radical (unpaired) electrons. The van der Waals surface area contributed by atoms with E-state index in [-0.39, 0.29) is 11.3 Å². The number of hydrogen-bond acceptors (Lipinski definition) is 4. The molecule has 1 saturated carbocycles. The van der Waals surface area contributed by atoms with Crippen molar-refractivity contribution in [2.45, 2.75) is 44.7 Å². The molecule has 20 heavy (non-hydrogen) atoms. The van der Waals surface area contributed by atoms with E-state index in [2.05, 4.69) is 34.9 Å². The Morgan fingerprint density at radius 2 is 2.10 bits per heavy atom. The van der Waals surface area contributed by atoms with Crippen molar-refractivity contribution < 1.29 is 0 Å². The van der Waals surface area contributed by atoms with Crippen LogP contribution < -0.4 is 9.80 Å². The van der Waals surface area contributed by atoms with Crippen LogP contribution in [0.3, 0.4) is 0 Å². The predicted octanol–water partition coefficient (Wildman–Crippen LogP) is 3.74. The second kappa shape index (κ2) is 5.09. The number of anilines is 2. The van der Waals surface area contributed by atoms with Gasteiger partial charge in [0.15, 0.2) is 5.82 Å². The highest BCUT2D eigenvalue weighted by Gasteiger charge is 2.37. The van der Waals surface area contributed by atoms with Crippen LogP contribution in [0.25, 0.3) is 0 Å². The highest BCUT2D eigenvalue weighted by Crippen LogP contribution is 2.42. The first kappa shape index (κ1) is 13.4. The minimum absolute atomic E-state index is 0.189. The van der Waals surface area contributed by atoms with Gasteiger partial charge in [0, 0.05) is 17.9 Å². The van der Waals surface area contributed by atoms with Crippen LogP contribution in [-0.4, -0.2) is 22.1 Å². The van der Waals surface area contributed by atoms with Gasteiger partial charge in [-0.05, 0) is 31.4 Å². The number of halogens is 1. The average molecular weight is 291 g/mol. The third-order valence-corrected chi connectivity index (χ3v) is 4.52. The largest absolute Gasteiger partial charge is 0.344 e. The van der Waals surface area contributed by atoms with Crippen molar-refractivity contribution in [1.29, 1.82) is 0 Å². The lowest BCUT2D eigenvalue weighted by Gasteiger charge is -2.45. The Bertz CT molecular complexity index is 551. The molecule has 1 unspecified atom stereocenters. The lowest BCUT2D eigenvalue weighted by molar-refractivity contribution is 0.545. The molecule has 2 heterocycles. The van der Waals surface area contributed by atoms with Crippen LogP contribution in [0.2, 0.25) is 5.28 Å². The zero-order valence-electron chi connectivity index (χ0n) is 11.7. The van der Waals surface area contributed by atoms with Crippen LogP contribution >= 0.6 is 11.6 Å². The van der Waals surface area contributed by atoms with Gasteiger partial charge < -0.3 is 9.80 Å². The maximum absolute atomic E-state index is 6.01. The summed E-state index contributed by atoms with van der Waals surface area (Å²) in [6.45, 7) is 10.2. The summed E-state index contributed by atoms with van der Waals surface area (Å²) in [5.74, 6) is 0.900. The summed E-state index contributed by atoms with van der Waals surface area (Å²) < 4.78 is 0. The van der Waals surface area contributed by atoms with E-state index in [4.69, 9.17) is 11.6 Å². The van der Waals surface area contributed by atoms with Gasteiger partial charge in [0.25, 0.3) is 0 Å². The van der Waals surface area contributed by atoms with Crippen LogP contribution in [-0.2, 0) is 0 Å². The molecule has 1 atom stereocenters. The van der Waals surface area contributed by atoms with Gasteiger partial charge in [-0.2, -0.15) is 4.98 Å². The van der Waals surface area contributed by atoms with E-state index in [9.17, 15) is 0 Å². The Kier molecular flexibility index (Phi) is 3.42. The van der Waals surface area contributed by atoms with Gasteiger partial charge in [0.2, 0.25) is 5.28 Å². The van der Waals surface area contributed by atoms with Gasteiger partial charge in [-0.25, -0.2) is 4.98 Å². The molecule has 4 nitrogen and oxygen atoms in total. The summed E-state index contributed by atoms with van der Waals surface area (Å²) in [5.41, 5.74) is 1.92. The summed E-state index contributed by atoms with van der Waals surface area (Å²) in [6, 6.07) is 0.702.